The molecular formula is C46H30N4O2. The van der Waals surface area contributed by atoms with Gasteiger partial charge < -0.3 is 9.47 Å². The van der Waals surface area contributed by atoms with Crippen LogP contribution >= 0.6 is 0 Å². The Bertz CT molecular complexity index is 2590. The SMILES string of the molecule is COc1nnc(-c2nnc(OC)c3cc4c(cc23)C2c3ccccc3C4c3ccccc32)c2cc3c(cc12)C1c2ccccc2C3c2ccccc21. The van der Waals surface area contributed by atoms with E-state index in [1.165, 1.54) is 66.8 Å². The molecule has 6 aliphatic carbocycles. The van der Waals surface area contributed by atoms with Crippen LogP contribution in [-0.4, -0.2) is 34.6 Å². The van der Waals surface area contributed by atoms with Crippen molar-refractivity contribution >= 4 is 21.5 Å². The molecule has 6 aliphatic rings. The van der Waals surface area contributed by atoms with E-state index < -0.39 is 0 Å². The quantitative estimate of drug-likeness (QED) is 0.187. The molecule has 0 atom stereocenters. The molecule has 0 saturated carbocycles. The second-order valence-electron chi connectivity index (χ2n) is 14.4. The van der Waals surface area contributed by atoms with Crippen LogP contribution in [0.15, 0.2) is 121 Å². The first-order valence-electron chi connectivity index (χ1n) is 17.9. The Balaban J connectivity index is 1.13. The Labute approximate surface area is 299 Å². The number of nitrogens with zero attached hydrogens (tertiary/aromatic N) is 4. The van der Waals surface area contributed by atoms with Crippen molar-refractivity contribution in [3.63, 3.8) is 0 Å². The predicted molar refractivity (Wildman–Crippen MR) is 201 cm³/mol. The van der Waals surface area contributed by atoms with Crippen LogP contribution in [0.1, 0.15) is 90.4 Å². The minimum atomic E-state index is 0.116. The highest BCUT2D eigenvalue weighted by atomic mass is 16.5. The topological polar surface area (TPSA) is 70.0 Å². The van der Waals surface area contributed by atoms with Crippen LogP contribution in [0.4, 0.5) is 0 Å². The molecule has 2 heterocycles. The second-order valence-corrected chi connectivity index (χ2v) is 14.4. The van der Waals surface area contributed by atoms with E-state index >= 15 is 0 Å². The molecule has 0 radical (unpaired) electrons. The van der Waals surface area contributed by atoms with E-state index in [2.05, 4.69) is 132 Å². The number of aromatic nitrogens is 4. The highest BCUT2D eigenvalue weighted by Crippen LogP contribution is 2.58. The number of benzene rings is 6. The van der Waals surface area contributed by atoms with Crippen molar-refractivity contribution in [3.05, 3.63) is 188 Å². The Morgan fingerprint density at radius 2 is 0.577 bits per heavy atom. The molecule has 0 aliphatic heterocycles. The van der Waals surface area contributed by atoms with E-state index in [4.69, 9.17) is 19.7 Å². The number of hydrogen-bond donors (Lipinski definition) is 0. The summed E-state index contributed by atoms with van der Waals surface area (Å²) < 4.78 is 11.8. The number of methoxy groups -OCH3 is 2. The zero-order valence-corrected chi connectivity index (χ0v) is 28.5. The first-order chi connectivity index (χ1) is 25.7. The van der Waals surface area contributed by atoms with E-state index in [1.807, 2.05) is 0 Å². The molecule has 52 heavy (non-hydrogen) atoms. The summed E-state index contributed by atoms with van der Waals surface area (Å²) in [7, 11) is 3.33. The average Bonchev–Trinajstić information content (AvgIpc) is 3.21. The molecule has 4 bridgehead atoms. The Kier molecular flexibility index (Phi) is 5.50. The summed E-state index contributed by atoms with van der Waals surface area (Å²) in [4.78, 5) is 0. The fraction of sp³-hybridized carbons (Fsp3) is 0.130. The van der Waals surface area contributed by atoms with Gasteiger partial charge in [0.25, 0.3) is 0 Å². The Morgan fingerprint density at radius 1 is 0.327 bits per heavy atom. The lowest BCUT2D eigenvalue weighted by Gasteiger charge is -2.42. The second kappa shape index (κ2) is 10.1. The van der Waals surface area contributed by atoms with Crippen LogP contribution in [-0.2, 0) is 0 Å². The third-order valence-corrected chi connectivity index (χ3v) is 12.2. The molecule has 0 unspecified atom stereocenters. The lowest BCUT2D eigenvalue weighted by molar-refractivity contribution is 0.397. The van der Waals surface area contributed by atoms with Crippen LogP contribution in [0.2, 0.25) is 0 Å². The van der Waals surface area contributed by atoms with Crippen LogP contribution in [0.3, 0.4) is 0 Å². The van der Waals surface area contributed by atoms with Crippen molar-refractivity contribution in [1.82, 2.24) is 20.4 Å². The van der Waals surface area contributed by atoms with Gasteiger partial charge in [-0.15, -0.1) is 20.4 Å². The highest BCUT2D eigenvalue weighted by molar-refractivity contribution is 6.06. The number of rotatable bonds is 3. The summed E-state index contributed by atoms with van der Waals surface area (Å²) in [5.41, 5.74) is 17.5. The fourth-order valence-corrected chi connectivity index (χ4v) is 10.2. The van der Waals surface area contributed by atoms with E-state index in [1.54, 1.807) is 14.2 Å². The first kappa shape index (κ1) is 28.3. The average molecular weight is 671 g/mol. The van der Waals surface area contributed by atoms with Crippen LogP contribution in [0, 0.1) is 0 Å². The largest absolute Gasteiger partial charge is 0.479 e. The van der Waals surface area contributed by atoms with E-state index in [0.717, 1.165) is 21.5 Å². The highest BCUT2D eigenvalue weighted by Gasteiger charge is 2.43. The standard InChI is InChI=1S/C46H30N4O2/c1-51-45-37-21-33-31(39-23-11-3-7-15-27(23)41(33)28-16-8-4-12-24(28)39)19-35(37)43(47-49-45)44-36-20-32-34(22-38(36)46(52-2)50-48-44)42-29-17-9-5-13-25(29)40(32)26-14-6-10-18-30(26)42/h3-22,39-42H,1-2H3. The summed E-state index contributed by atoms with van der Waals surface area (Å²) in [6.45, 7) is 0. The van der Waals surface area contributed by atoms with Crippen LogP contribution in [0.25, 0.3) is 32.9 Å². The van der Waals surface area contributed by atoms with Gasteiger partial charge in [0.15, 0.2) is 0 Å². The molecule has 6 heteroatoms. The van der Waals surface area contributed by atoms with Gasteiger partial charge in [0.05, 0.1) is 14.2 Å². The third-order valence-electron chi connectivity index (χ3n) is 12.2. The number of fused-ring (bicyclic) bond motifs is 2. The fourth-order valence-electron chi connectivity index (χ4n) is 10.2. The molecule has 0 fully saturated rings. The molecule has 0 N–H and O–H groups in total. The maximum absolute atomic E-state index is 5.90. The summed E-state index contributed by atoms with van der Waals surface area (Å²) in [5, 5.41) is 22.8. The molecule has 0 amide bonds. The minimum absolute atomic E-state index is 0.116. The maximum atomic E-state index is 5.90. The van der Waals surface area contributed by atoms with Gasteiger partial charge in [-0.05, 0) is 91.0 Å². The van der Waals surface area contributed by atoms with Gasteiger partial charge in [-0.1, -0.05) is 97.1 Å². The molecule has 0 saturated heterocycles. The monoisotopic (exact) mass is 670 g/mol. The van der Waals surface area contributed by atoms with Crippen molar-refractivity contribution in [2.24, 2.45) is 0 Å². The number of ether oxygens (including phenoxy) is 2. The molecular weight excluding hydrogens is 641 g/mol. The number of hydrogen-bond acceptors (Lipinski definition) is 6. The summed E-state index contributed by atoms with van der Waals surface area (Å²) in [5.74, 6) is 1.49. The van der Waals surface area contributed by atoms with E-state index in [-0.39, 0.29) is 23.7 Å². The summed E-state index contributed by atoms with van der Waals surface area (Å²) >= 11 is 0. The Hall–Kier alpha value is -6.40. The minimum Gasteiger partial charge on any atom is -0.479 e. The van der Waals surface area contributed by atoms with Crippen molar-refractivity contribution in [2.45, 2.75) is 23.7 Å². The Morgan fingerprint density at radius 3 is 0.827 bits per heavy atom. The molecule has 8 aromatic rings. The zero-order chi connectivity index (χ0) is 34.2. The van der Waals surface area contributed by atoms with Gasteiger partial charge in [0.2, 0.25) is 11.8 Å². The molecule has 6 nitrogen and oxygen atoms in total. The van der Waals surface area contributed by atoms with E-state index in [0.29, 0.717) is 23.1 Å². The van der Waals surface area contributed by atoms with Gasteiger partial charge in [-0.25, -0.2) is 0 Å². The molecule has 2 aromatic heterocycles. The lowest BCUT2D eigenvalue weighted by Crippen LogP contribution is -2.27. The van der Waals surface area contributed by atoms with Crippen molar-refractivity contribution in [1.29, 1.82) is 0 Å². The summed E-state index contributed by atoms with van der Waals surface area (Å²) in [6, 6.07) is 44.8. The first-order valence-corrected chi connectivity index (χ1v) is 17.9. The molecule has 6 aromatic carbocycles. The molecule has 246 valence electrons. The van der Waals surface area contributed by atoms with Gasteiger partial charge in [0.1, 0.15) is 11.4 Å². The predicted octanol–water partition coefficient (Wildman–Crippen LogP) is 9.23. The van der Waals surface area contributed by atoms with Crippen molar-refractivity contribution < 1.29 is 9.47 Å². The molecule has 14 rings (SSSR count). The van der Waals surface area contributed by atoms with Gasteiger partial charge in [0, 0.05) is 45.2 Å². The normalized spacial score (nSPS) is 19.3. The van der Waals surface area contributed by atoms with Crippen molar-refractivity contribution in [3.8, 4) is 23.1 Å². The van der Waals surface area contributed by atoms with Crippen LogP contribution in [0.5, 0.6) is 11.8 Å². The molecule has 0 spiro atoms. The summed E-state index contributed by atoms with van der Waals surface area (Å²) in [6.07, 6.45) is 0. The van der Waals surface area contributed by atoms with Gasteiger partial charge in [-0.3, -0.25) is 0 Å². The lowest BCUT2D eigenvalue weighted by atomic mass is 9.60. The van der Waals surface area contributed by atoms with Crippen molar-refractivity contribution in [2.75, 3.05) is 14.2 Å². The smallest absolute Gasteiger partial charge is 0.241 e. The zero-order valence-electron chi connectivity index (χ0n) is 28.5. The van der Waals surface area contributed by atoms with E-state index in [9.17, 15) is 0 Å². The van der Waals surface area contributed by atoms with Gasteiger partial charge >= 0.3 is 0 Å². The van der Waals surface area contributed by atoms with Crippen LogP contribution < -0.4 is 9.47 Å². The maximum Gasteiger partial charge on any atom is 0.241 e. The van der Waals surface area contributed by atoms with Gasteiger partial charge in [-0.2, -0.15) is 0 Å². The third kappa shape index (κ3) is 3.44.